The topological polar surface area (TPSA) is 96.7 Å². The predicted octanol–water partition coefficient (Wildman–Crippen LogP) is 2.57. The van der Waals surface area contributed by atoms with Crippen LogP contribution in [0.25, 0.3) is 0 Å². The van der Waals surface area contributed by atoms with Crippen molar-refractivity contribution < 1.29 is 14.6 Å². The average molecular weight is 365 g/mol. The molecule has 2 rings (SSSR count). The monoisotopic (exact) mass is 364 g/mol. The molecule has 7 nitrogen and oxygen atoms in total. The number of carbonyl (C=O) groups is 1. The molecule has 0 aliphatic rings. The van der Waals surface area contributed by atoms with Crippen molar-refractivity contribution >= 4 is 34.1 Å². The molecule has 1 heterocycles. The smallest absolute Gasteiger partial charge is 0.341 e. The third kappa shape index (κ3) is 4.26. The van der Waals surface area contributed by atoms with Crippen molar-refractivity contribution in [3.8, 4) is 5.75 Å². The molecule has 1 aromatic carbocycles. The highest BCUT2D eigenvalue weighted by atomic mass is 79.9. The summed E-state index contributed by atoms with van der Waals surface area (Å²) >= 11 is 3.31. The molecule has 0 spiro atoms. The van der Waals surface area contributed by atoms with Crippen LogP contribution in [0.1, 0.15) is 22.8 Å². The lowest BCUT2D eigenvalue weighted by molar-refractivity contribution is 0.0525. The zero-order valence-electron chi connectivity index (χ0n) is 11.7. The number of aromatic hydroxyl groups is 1. The number of hydrogen-bond acceptors (Lipinski definition) is 7. The number of carbonyl (C=O) groups excluding carboxylic acids is 1. The number of rotatable bonds is 5. The first-order chi connectivity index (χ1) is 10.6. The van der Waals surface area contributed by atoms with Gasteiger partial charge in [0.2, 0.25) is 5.95 Å². The van der Waals surface area contributed by atoms with Gasteiger partial charge < -0.3 is 9.84 Å². The molecular formula is C14H13BrN4O3. The summed E-state index contributed by atoms with van der Waals surface area (Å²) in [4.78, 5) is 19.3. The summed E-state index contributed by atoms with van der Waals surface area (Å²) < 4.78 is 5.65. The number of ether oxygens (including phenoxy) is 1. The molecule has 22 heavy (non-hydrogen) atoms. The van der Waals surface area contributed by atoms with E-state index in [1.165, 1.54) is 18.6 Å². The number of phenolic OH excluding ortho intramolecular Hbond substituents is 1. The molecule has 0 unspecified atom stereocenters. The minimum absolute atomic E-state index is 0.104. The van der Waals surface area contributed by atoms with Gasteiger partial charge in [-0.25, -0.2) is 20.2 Å². The van der Waals surface area contributed by atoms with Crippen LogP contribution in [0.5, 0.6) is 5.75 Å². The van der Waals surface area contributed by atoms with Crippen LogP contribution in [0.3, 0.4) is 0 Å². The van der Waals surface area contributed by atoms with Gasteiger partial charge in [-0.1, -0.05) is 15.9 Å². The van der Waals surface area contributed by atoms with Gasteiger partial charge in [0.15, 0.2) is 0 Å². The summed E-state index contributed by atoms with van der Waals surface area (Å²) in [5.74, 6) is -0.150. The zero-order valence-corrected chi connectivity index (χ0v) is 13.2. The van der Waals surface area contributed by atoms with Crippen molar-refractivity contribution in [1.82, 2.24) is 9.97 Å². The number of hydrazone groups is 1. The zero-order chi connectivity index (χ0) is 15.9. The van der Waals surface area contributed by atoms with Gasteiger partial charge >= 0.3 is 5.97 Å². The van der Waals surface area contributed by atoms with E-state index in [-0.39, 0.29) is 17.3 Å². The van der Waals surface area contributed by atoms with Crippen LogP contribution in [0.4, 0.5) is 5.95 Å². The van der Waals surface area contributed by atoms with E-state index in [0.717, 1.165) is 4.47 Å². The van der Waals surface area contributed by atoms with Crippen molar-refractivity contribution in [3.63, 3.8) is 0 Å². The predicted molar refractivity (Wildman–Crippen MR) is 85.0 cm³/mol. The Balaban J connectivity index is 2.01. The maximum absolute atomic E-state index is 11.4. The summed E-state index contributed by atoms with van der Waals surface area (Å²) in [7, 11) is 0. The van der Waals surface area contributed by atoms with Crippen molar-refractivity contribution in [2.45, 2.75) is 6.92 Å². The fourth-order valence-corrected chi connectivity index (χ4v) is 1.87. The lowest BCUT2D eigenvalue weighted by atomic mass is 10.2. The lowest BCUT2D eigenvalue weighted by Crippen LogP contribution is -2.06. The first-order valence-corrected chi connectivity index (χ1v) is 7.16. The maximum atomic E-state index is 11.4. The Bertz CT molecular complexity index is 689. The molecule has 0 radical (unpaired) electrons. The molecule has 0 aliphatic carbocycles. The second-order valence-electron chi connectivity index (χ2n) is 4.09. The van der Waals surface area contributed by atoms with Crippen LogP contribution in [0.15, 0.2) is 40.2 Å². The Hall–Kier alpha value is -2.48. The van der Waals surface area contributed by atoms with E-state index in [1.54, 1.807) is 25.1 Å². The maximum Gasteiger partial charge on any atom is 0.341 e. The number of esters is 1. The molecule has 0 saturated heterocycles. The molecule has 2 aromatic rings. The number of aromatic nitrogens is 2. The molecular weight excluding hydrogens is 352 g/mol. The van der Waals surface area contributed by atoms with Crippen molar-refractivity contribution in [2.75, 3.05) is 12.0 Å². The fourth-order valence-electron chi connectivity index (χ4n) is 1.49. The highest BCUT2D eigenvalue weighted by molar-refractivity contribution is 9.10. The summed E-state index contributed by atoms with van der Waals surface area (Å²) in [5.41, 5.74) is 3.40. The van der Waals surface area contributed by atoms with Gasteiger partial charge in [0.05, 0.1) is 18.4 Å². The van der Waals surface area contributed by atoms with Gasteiger partial charge in [-0.05, 0) is 25.1 Å². The van der Waals surface area contributed by atoms with Gasteiger partial charge in [-0.2, -0.15) is 5.10 Å². The third-order valence-corrected chi connectivity index (χ3v) is 3.01. The van der Waals surface area contributed by atoms with Gasteiger partial charge in [-0.3, -0.25) is 0 Å². The molecule has 0 amide bonds. The number of nitrogens with one attached hydrogen (secondary N) is 1. The molecule has 1 aromatic heterocycles. The lowest BCUT2D eigenvalue weighted by Gasteiger charge is -2.02. The Morgan fingerprint density at radius 1 is 1.45 bits per heavy atom. The Morgan fingerprint density at radius 3 is 2.86 bits per heavy atom. The van der Waals surface area contributed by atoms with Crippen LogP contribution in [-0.2, 0) is 4.74 Å². The quantitative estimate of drug-likeness (QED) is 0.480. The second-order valence-corrected chi connectivity index (χ2v) is 5.00. The number of halogens is 1. The molecule has 2 N–H and O–H groups in total. The van der Waals surface area contributed by atoms with Gasteiger partial charge in [0.25, 0.3) is 0 Å². The Morgan fingerprint density at radius 2 is 2.18 bits per heavy atom. The number of nitrogens with zero attached hydrogens (tertiary/aromatic N) is 3. The van der Waals surface area contributed by atoms with Crippen LogP contribution in [0.2, 0.25) is 0 Å². The van der Waals surface area contributed by atoms with E-state index in [4.69, 9.17) is 4.74 Å². The minimum Gasteiger partial charge on any atom is -0.507 e. The first-order valence-electron chi connectivity index (χ1n) is 6.37. The fraction of sp³-hybridized carbons (Fsp3) is 0.143. The van der Waals surface area contributed by atoms with Crippen molar-refractivity contribution in [3.05, 3.63) is 46.2 Å². The van der Waals surface area contributed by atoms with Crippen LogP contribution < -0.4 is 5.43 Å². The SMILES string of the molecule is CCOC(=O)c1cnc(N/N=C\c2cc(Br)ccc2O)nc1. The number of hydrogen-bond donors (Lipinski definition) is 2. The van der Waals surface area contributed by atoms with E-state index in [9.17, 15) is 9.90 Å². The highest BCUT2D eigenvalue weighted by Gasteiger charge is 2.07. The van der Waals surface area contributed by atoms with Crippen LogP contribution >= 0.6 is 15.9 Å². The standard InChI is InChI=1S/C14H13BrN4O3/c1-2-22-13(21)10-6-16-14(17-7-10)19-18-8-9-5-11(15)3-4-12(9)20/h3-8,20H,2H2,1H3,(H,16,17,19)/b18-8-. The van der Waals surface area contributed by atoms with Crippen LogP contribution in [0, 0.1) is 0 Å². The van der Waals surface area contributed by atoms with E-state index >= 15 is 0 Å². The first kappa shape index (κ1) is 15.9. The molecule has 8 heteroatoms. The van der Waals surface area contributed by atoms with Gasteiger partial charge in [0.1, 0.15) is 5.75 Å². The Labute approximate surface area is 135 Å². The molecule has 114 valence electrons. The van der Waals surface area contributed by atoms with E-state index < -0.39 is 5.97 Å². The van der Waals surface area contributed by atoms with Crippen LogP contribution in [-0.4, -0.2) is 33.9 Å². The van der Waals surface area contributed by atoms with Gasteiger partial charge in [0, 0.05) is 22.4 Å². The molecule has 0 saturated carbocycles. The summed E-state index contributed by atoms with van der Waals surface area (Å²) in [5, 5.41) is 13.6. The number of benzene rings is 1. The Kier molecular flexibility index (Phi) is 5.42. The second kappa shape index (κ2) is 7.51. The third-order valence-electron chi connectivity index (χ3n) is 2.52. The molecule has 0 bridgehead atoms. The molecule has 0 fully saturated rings. The molecule has 0 atom stereocenters. The summed E-state index contributed by atoms with van der Waals surface area (Å²) in [6.45, 7) is 2.01. The normalized spacial score (nSPS) is 10.6. The molecule has 0 aliphatic heterocycles. The van der Waals surface area contributed by atoms with E-state index in [2.05, 4.69) is 36.4 Å². The number of anilines is 1. The van der Waals surface area contributed by atoms with Crippen molar-refractivity contribution in [2.24, 2.45) is 5.10 Å². The summed E-state index contributed by atoms with van der Waals surface area (Å²) in [6, 6.07) is 4.98. The highest BCUT2D eigenvalue weighted by Crippen LogP contribution is 2.20. The summed E-state index contributed by atoms with van der Waals surface area (Å²) in [6.07, 6.45) is 4.13. The number of phenols is 1. The largest absolute Gasteiger partial charge is 0.507 e. The van der Waals surface area contributed by atoms with E-state index in [1.807, 2.05) is 0 Å². The van der Waals surface area contributed by atoms with Gasteiger partial charge in [-0.15, -0.1) is 0 Å². The minimum atomic E-state index is -0.475. The van der Waals surface area contributed by atoms with E-state index in [0.29, 0.717) is 12.2 Å². The van der Waals surface area contributed by atoms with Crippen molar-refractivity contribution in [1.29, 1.82) is 0 Å². The average Bonchev–Trinajstić information content (AvgIpc) is 2.51.